The molecule has 0 spiro atoms. The van der Waals surface area contributed by atoms with Crippen LogP contribution in [-0.2, 0) is 0 Å². The van der Waals surface area contributed by atoms with E-state index in [1.807, 2.05) is 13.0 Å². The lowest BCUT2D eigenvalue weighted by Crippen LogP contribution is -2.56. The van der Waals surface area contributed by atoms with Crippen LogP contribution in [0, 0.1) is 24.0 Å². The van der Waals surface area contributed by atoms with Crippen molar-refractivity contribution in [1.29, 1.82) is 0 Å². The second-order valence-electron chi connectivity index (χ2n) is 7.33. The molecule has 2 rings (SSSR count). The van der Waals surface area contributed by atoms with Gasteiger partial charge >= 0.3 is 0 Å². The van der Waals surface area contributed by atoms with E-state index in [1.54, 1.807) is 39.0 Å². The van der Waals surface area contributed by atoms with Gasteiger partial charge in [-0.25, -0.2) is 5.01 Å². The highest BCUT2D eigenvalue weighted by atomic mass is 16.6. The molecule has 2 amide bonds. The van der Waals surface area contributed by atoms with Crippen molar-refractivity contribution in [2.75, 3.05) is 0 Å². The van der Waals surface area contributed by atoms with Crippen LogP contribution in [0.5, 0.6) is 0 Å². The van der Waals surface area contributed by atoms with Gasteiger partial charge in [0.1, 0.15) is 0 Å². The number of nitrogens with one attached hydrogen (secondary N) is 1. The molecule has 0 unspecified atom stereocenters. The molecule has 1 N–H and O–H groups in total. The van der Waals surface area contributed by atoms with Gasteiger partial charge in [0, 0.05) is 17.2 Å². The molecule has 0 aliphatic heterocycles. The maximum atomic E-state index is 13.0. The summed E-state index contributed by atoms with van der Waals surface area (Å²) in [7, 11) is 0. The lowest BCUT2D eigenvalue weighted by Gasteiger charge is -2.35. The summed E-state index contributed by atoms with van der Waals surface area (Å²) in [5.41, 5.74) is 3.54. The minimum atomic E-state index is -0.703. The highest BCUT2D eigenvalue weighted by Gasteiger charge is 2.30. The predicted molar refractivity (Wildman–Crippen MR) is 102 cm³/mol. The Morgan fingerprint density at radius 3 is 2.26 bits per heavy atom. The van der Waals surface area contributed by atoms with Gasteiger partial charge in [0.15, 0.2) is 0 Å². The van der Waals surface area contributed by atoms with Crippen molar-refractivity contribution < 1.29 is 14.5 Å². The summed E-state index contributed by atoms with van der Waals surface area (Å²) >= 11 is 0. The molecule has 0 radical (unpaired) electrons. The molecule has 0 aliphatic carbocycles. The number of aryl methyl sites for hydroxylation is 1. The first-order valence-corrected chi connectivity index (χ1v) is 8.48. The van der Waals surface area contributed by atoms with Gasteiger partial charge in [0.2, 0.25) is 0 Å². The molecule has 2 aromatic carbocycles. The van der Waals surface area contributed by atoms with E-state index in [-0.39, 0.29) is 22.7 Å². The fraction of sp³-hybridized carbons (Fsp3) is 0.300. The molecule has 7 heteroatoms. The van der Waals surface area contributed by atoms with Crippen molar-refractivity contribution in [3.05, 3.63) is 74.8 Å². The SMILES string of the molecule is Cc1cccc(C(=O)N(NC(=O)c2cccc([N+](=O)[O-])c2C)C(C)(C)C)c1. The third-order valence-corrected chi connectivity index (χ3v) is 4.10. The molecule has 0 bridgehead atoms. The van der Waals surface area contributed by atoms with Crippen molar-refractivity contribution in [2.24, 2.45) is 0 Å². The van der Waals surface area contributed by atoms with Crippen LogP contribution >= 0.6 is 0 Å². The van der Waals surface area contributed by atoms with Crippen LogP contribution < -0.4 is 5.43 Å². The molecule has 27 heavy (non-hydrogen) atoms. The number of hydrazine groups is 1. The number of carbonyl (C=O) groups is 2. The molecular weight excluding hydrogens is 346 g/mol. The van der Waals surface area contributed by atoms with Crippen LogP contribution in [0.4, 0.5) is 5.69 Å². The number of hydrogen-bond donors (Lipinski definition) is 1. The van der Waals surface area contributed by atoms with Crippen LogP contribution in [0.3, 0.4) is 0 Å². The molecule has 0 fully saturated rings. The summed E-state index contributed by atoms with van der Waals surface area (Å²) in [5.74, 6) is -0.935. The smallest absolute Gasteiger partial charge is 0.267 e. The van der Waals surface area contributed by atoms with Gasteiger partial charge in [-0.2, -0.15) is 0 Å². The van der Waals surface area contributed by atoms with Gasteiger partial charge in [-0.15, -0.1) is 0 Å². The van der Waals surface area contributed by atoms with Crippen molar-refractivity contribution in [1.82, 2.24) is 10.4 Å². The minimum absolute atomic E-state index is 0.144. The summed E-state index contributed by atoms with van der Waals surface area (Å²) in [5, 5.41) is 12.4. The molecular formula is C20H23N3O4. The van der Waals surface area contributed by atoms with E-state index in [9.17, 15) is 19.7 Å². The summed E-state index contributed by atoms with van der Waals surface area (Å²) in [6.07, 6.45) is 0. The van der Waals surface area contributed by atoms with Crippen LogP contribution in [0.1, 0.15) is 52.6 Å². The summed E-state index contributed by atoms with van der Waals surface area (Å²) < 4.78 is 0. The fourth-order valence-electron chi connectivity index (χ4n) is 2.66. The highest BCUT2D eigenvalue weighted by molar-refractivity contribution is 6.00. The van der Waals surface area contributed by atoms with E-state index in [0.717, 1.165) is 5.56 Å². The summed E-state index contributed by atoms with van der Waals surface area (Å²) in [4.78, 5) is 36.3. The van der Waals surface area contributed by atoms with Gasteiger partial charge in [-0.1, -0.05) is 23.8 Å². The van der Waals surface area contributed by atoms with E-state index in [1.165, 1.54) is 30.1 Å². The summed E-state index contributed by atoms with van der Waals surface area (Å²) in [6.45, 7) is 8.77. The lowest BCUT2D eigenvalue weighted by molar-refractivity contribution is -0.385. The number of nitro benzene ring substituents is 1. The van der Waals surface area contributed by atoms with Gasteiger partial charge in [0.25, 0.3) is 17.5 Å². The monoisotopic (exact) mass is 369 g/mol. The molecule has 0 heterocycles. The minimum Gasteiger partial charge on any atom is -0.267 e. The van der Waals surface area contributed by atoms with E-state index in [0.29, 0.717) is 5.56 Å². The zero-order valence-corrected chi connectivity index (χ0v) is 16.1. The maximum Gasteiger partial charge on any atom is 0.273 e. The van der Waals surface area contributed by atoms with Crippen molar-refractivity contribution in [3.63, 3.8) is 0 Å². The second-order valence-corrected chi connectivity index (χ2v) is 7.33. The molecule has 0 aromatic heterocycles. The first-order valence-electron chi connectivity index (χ1n) is 8.48. The quantitative estimate of drug-likeness (QED) is 0.658. The average molecular weight is 369 g/mol. The zero-order valence-electron chi connectivity index (χ0n) is 16.1. The maximum absolute atomic E-state index is 13.0. The van der Waals surface area contributed by atoms with Gasteiger partial charge < -0.3 is 0 Å². The van der Waals surface area contributed by atoms with E-state index >= 15 is 0 Å². The lowest BCUT2D eigenvalue weighted by atomic mass is 10.0. The zero-order chi connectivity index (χ0) is 20.4. The number of nitrogens with zero attached hydrogens (tertiary/aromatic N) is 2. The first kappa shape index (κ1) is 20.1. The largest absolute Gasteiger partial charge is 0.273 e. The molecule has 7 nitrogen and oxygen atoms in total. The first-order chi connectivity index (χ1) is 12.5. The van der Waals surface area contributed by atoms with Crippen molar-refractivity contribution in [3.8, 4) is 0 Å². The Hall–Kier alpha value is -3.22. The van der Waals surface area contributed by atoms with Gasteiger partial charge in [-0.05, 0) is 52.8 Å². The van der Waals surface area contributed by atoms with Crippen LogP contribution in [0.15, 0.2) is 42.5 Å². The van der Waals surface area contributed by atoms with Crippen LogP contribution in [-0.4, -0.2) is 27.3 Å². The third-order valence-electron chi connectivity index (χ3n) is 4.10. The number of hydrogen-bond acceptors (Lipinski definition) is 4. The van der Waals surface area contributed by atoms with Crippen molar-refractivity contribution >= 4 is 17.5 Å². The Kier molecular flexibility index (Phi) is 5.64. The van der Waals surface area contributed by atoms with Crippen LogP contribution in [0.2, 0.25) is 0 Å². The van der Waals surface area contributed by atoms with E-state index in [4.69, 9.17) is 0 Å². The number of rotatable bonds is 3. The molecule has 0 aliphatic rings. The normalized spacial score (nSPS) is 11.0. The Morgan fingerprint density at radius 1 is 1.07 bits per heavy atom. The Balaban J connectivity index is 2.38. The highest BCUT2D eigenvalue weighted by Crippen LogP contribution is 2.22. The van der Waals surface area contributed by atoms with Gasteiger partial charge in [-0.3, -0.25) is 25.1 Å². The Bertz CT molecular complexity index is 900. The predicted octanol–water partition coefficient (Wildman–Crippen LogP) is 3.80. The number of benzene rings is 2. The standard InChI is InChI=1S/C20H23N3O4/c1-13-8-6-9-15(12-13)19(25)22(20(3,4)5)21-18(24)16-10-7-11-17(14(16)2)23(26)27/h6-12H,1-5H3,(H,21,24). The molecule has 0 atom stereocenters. The Labute approximate surface area is 158 Å². The average Bonchev–Trinajstić information content (AvgIpc) is 2.57. The Morgan fingerprint density at radius 2 is 1.70 bits per heavy atom. The van der Waals surface area contributed by atoms with E-state index in [2.05, 4.69) is 5.43 Å². The molecule has 0 saturated heterocycles. The molecule has 142 valence electrons. The van der Waals surface area contributed by atoms with E-state index < -0.39 is 16.4 Å². The third kappa shape index (κ3) is 4.49. The summed E-state index contributed by atoms with van der Waals surface area (Å²) in [6, 6.07) is 11.4. The fourth-order valence-corrected chi connectivity index (χ4v) is 2.66. The number of carbonyl (C=O) groups excluding carboxylic acids is 2. The molecule has 0 saturated carbocycles. The molecule has 2 aromatic rings. The number of nitro groups is 1. The number of amides is 2. The van der Waals surface area contributed by atoms with Crippen LogP contribution in [0.25, 0.3) is 0 Å². The topological polar surface area (TPSA) is 92.6 Å². The van der Waals surface area contributed by atoms with Gasteiger partial charge in [0.05, 0.1) is 16.0 Å². The van der Waals surface area contributed by atoms with Crippen molar-refractivity contribution in [2.45, 2.75) is 40.2 Å². The second kappa shape index (κ2) is 7.57.